The van der Waals surface area contributed by atoms with Gasteiger partial charge < -0.3 is 14.3 Å². The maximum atomic E-state index is 11.6. The van der Waals surface area contributed by atoms with Crippen molar-refractivity contribution in [2.75, 3.05) is 13.4 Å². The molecule has 5 nitrogen and oxygen atoms in total. The monoisotopic (exact) mass is 399 g/mol. The molecule has 1 aromatic carbocycles. The Hall–Kier alpha value is -1.73. The van der Waals surface area contributed by atoms with Crippen LogP contribution in [0.4, 0.5) is 0 Å². The van der Waals surface area contributed by atoms with Crippen molar-refractivity contribution < 1.29 is 9.29 Å². The molecule has 8 heteroatoms. The summed E-state index contributed by atoms with van der Waals surface area (Å²) in [5.74, 6) is 1.36. The van der Waals surface area contributed by atoms with Crippen LogP contribution in [0.1, 0.15) is 5.69 Å². The van der Waals surface area contributed by atoms with E-state index < -0.39 is 11.2 Å². The fourth-order valence-corrected chi connectivity index (χ4v) is 2.96. The number of benzene rings is 1. The molecule has 3 rings (SSSR count). The van der Waals surface area contributed by atoms with Gasteiger partial charge in [0.25, 0.3) is 0 Å². The standard InChI is InChI=1S/C17H17N3O2S.2ClH/c1-11-16(12-5-4-8-18-10-12)20-17(19-11)14-7-6-13(23(3)21)9-15(14)22-2;;/h4-10H,1-3H3,(H,19,20);2*1H. The molecule has 2 aromatic heterocycles. The molecule has 0 spiro atoms. The maximum Gasteiger partial charge on any atom is 0.156 e. The van der Waals surface area contributed by atoms with Crippen molar-refractivity contribution in [3.05, 3.63) is 48.4 Å². The van der Waals surface area contributed by atoms with Gasteiger partial charge in [-0.2, -0.15) is 0 Å². The highest BCUT2D eigenvalue weighted by atomic mass is 35.5. The van der Waals surface area contributed by atoms with Gasteiger partial charge in [0.15, 0.2) is 4.90 Å². The smallest absolute Gasteiger partial charge is 0.156 e. The van der Waals surface area contributed by atoms with Crippen molar-refractivity contribution in [3.63, 3.8) is 0 Å². The fourth-order valence-electron chi connectivity index (χ4n) is 2.43. The number of hydrogen-bond acceptors (Lipinski definition) is 4. The number of aromatic nitrogens is 3. The van der Waals surface area contributed by atoms with Crippen LogP contribution in [0.3, 0.4) is 0 Å². The highest BCUT2D eigenvalue weighted by molar-refractivity contribution is 7.90. The normalized spacial score (nSPS) is 11.2. The van der Waals surface area contributed by atoms with E-state index in [0.29, 0.717) is 11.6 Å². The van der Waals surface area contributed by atoms with Gasteiger partial charge in [-0.1, -0.05) is 0 Å². The van der Waals surface area contributed by atoms with E-state index in [1.54, 1.807) is 31.8 Å². The van der Waals surface area contributed by atoms with Crippen LogP contribution in [0.15, 0.2) is 47.6 Å². The number of aromatic amines is 1. The zero-order valence-corrected chi connectivity index (χ0v) is 16.4. The predicted molar refractivity (Wildman–Crippen MR) is 105 cm³/mol. The number of H-pyrrole nitrogens is 1. The molecule has 1 atom stereocenters. The first kappa shape index (κ1) is 21.3. The lowest BCUT2D eigenvalue weighted by Crippen LogP contribution is -1.99. The summed E-state index contributed by atoms with van der Waals surface area (Å²) in [6.45, 7) is 1.95. The number of ether oxygens (including phenoxy) is 1. The lowest BCUT2D eigenvalue weighted by molar-refractivity contribution is 0.415. The minimum absolute atomic E-state index is 0. The molecule has 0 aliphatic rings. The summed E-state index contributed by atoms with van der Waals surface area (Å²) < 4.78 is 17.1. The Morgan fingerprint density at radius 3 is 2.56 bits per heavy atom. The van der Waals surface area contributed by atoms with Crippen LogP contribution in [-0.2, 0) is 11.2 Å². The van der Waals surface area contributed by atoms with Gasteiger partial charge in [-0.25, -0.2) is 4.98 Å². The highest BCUT2D eigenvalue weighted by Gasteiger charge is 2.16. The number of aryl methyl sites for hydroxylation is 1. The molecular formula is C17H19Cl2N3O2S. The number of nitrogens with zero attached hydrogens (tertiary/aromatic N) is 2. The number of imidazole rings is 1. The number of rotatable bonds is 4. The molecule has 25 heavy (non-hydrogen) atoms. The minimum atomic E-state index is -1.05. The van der Waals surface area contributed by atoms with Gasteiger partial charge in [-0.3, -0.25) is 4.98 Å². The second-order valence-electron chi connectivity index (χ2n) is 5.10. The van der Waals surface area contributed by atoms with Gasteiger partial charge in [-0.05, 0) is 42.4 Å². The summed E-state index contributed by atoms with van der Waals surface area (Å²) in [6.07, 6.45) is 5.18. The third kappa shape index (κ3) is 4.46. The van der Waals surface area contributed by atoms with Gasteiger partial charge in [0.2, 0.25) is 0 Å². The molecule has 1 N–H and O–H groups in total. The zero-order chi connectivity index (χ0) is 16.4. The van der Waals surface area contributed by atoms with Crippen LogP contribution in [0, 0.1) is 6.92 Å². The second-order valence-corrected chi connectivity index (χ2v) is 6.48. The van der Waals surface area contributed by atoms with Crippen molar-refractivity contribution in [3.8, 4) is 28.4 Å². The van der Waals surface area contributed by atoms with E-state index in [0.717, 1.165) is 27.4 Å². The van der Waals surface area contributed by atoms with Crippen molar-refractivity contribution >= 4 is 36.0 Å². The molecule has 0 saturated heterocycles. The van der Waals surface area contributed by atoms with Crippen LogP contribution >= 0.6 is 24.8 Å². The van der Waals surface area contributed by atoms with E-state index in [2.05, 4.69) is 15.0 Å². The first-order valence-corrected chi connectivity index (χ1v) is 8.65. The van der Waals surface area contributed by atoms with Crippen molar-refractivity contribution in [1.29, 1.82) is 0 Å². The van der Waals surface area contributed by atoms with Gasteiger partial charge in [-0.15, -0.1) is 24.8 Å². The quantitative estimate of drug-likeness (QED) is 0.671. The van der Waals surface area contributed by atoms with Crippen molar-refractivity contribution in [2.24, 2.45) is 0 Å². The predicted octanol–water partition coefficient (Wildman–Crippen LogP) is 4.04. The third-order valence-electron chi connectivity index (χ3n) is 3.59. The largest absolute Gasteiger partial charge is 0.612 e. The molecule has 0 radical (unpaired) electrons. The van der Waals surface area contributed by atoms with Crippen LogP contribution in [-0.4, -0.2) is 32.9 Å². The molecular weight excluding hydrogens is 381 g/mol. The zero-order valence-electron chi connectivity index (χ0n) is 14.0. The first-order valence-electron chi connectivity index (χ1n) is 7.09. The Morgan fingerprint density at radius 2 is 1.96 bits per heavy atom. The summed E-state index contributed by atoms with van der Waals surface area (Å²) >= 11 is -1.05. The molecule has 0 saturated carbocycles. The molecule has 0 bridgehead atoms. The molecule has 1 unspecified atom stereocenters. The summed E-state index contributed by atoms with van der Waals surface area (Å²) in [5, 5.41) is 0. The maximum absolute atomic E-state index is 11.6. The topological polar surface area (TPSA) is 73.9 Å². The molecule has 134 valence electrons. The number of methoxy groups -OCH3 is 1. The lowest BCUT2D eigenvalue weighted by Gasteiger charge is -2.09. The average molecular weight is 400 g/mol. The van der Waals surface area contributed by atoms with E-state index in [1.807, 2.05) is 31.2 Å². The average Bonchev–Trinajstić information content (AvgIpc) is 2.96. The van der Waals surface area contributed by atoms with E-state index in [1.165, 1.54) is 0 Å². The molecule has 0 fully saturated rings. The third-order valence-corrected chi connectivity index (χ3v) is 4.51. The Labute approximate surface area is 162 Å². The van der Waals surface area contributed by atoms with Gasteiger partial charge in [0.1, 0.15) is 17.8 Å². The Morgan fingerprint density at radius 1 is 1.20 bits per heavy atom. The number of pyridine rings is 1. The Bertz CT molecular complexity index is 826. The van der Waals surface area contributed by atoms with Crippen molar-refractivity contribution in [1.82, 2.24) is 15.0 Å². The molecule has 2 heterocycles. The highest BCUT2D eigenvalue weighted by Crippen LogP contribution is 2.32. The number of nitrogens with one attached hydrogen (secondary N) is 1. The molecule has 0 aliphatic carbocycles. The summed E-state index contributed by atoms with van der Waals surface area (Å²) in [5.41, 5.74) is 3.63. The molecule has 3 aromatic rings. The first-order chi connectivity index (χ1) is 11.1. The molecule has 0 amide bonds. The van der Waals surface area contributed by atoms with Gasteiger partial charge in [0.05, 0.1) is 24.1 Å². The van der Waals surface area contributed by atoms with Crippen LogP contribution in [0.5, 0.6) is 5.75 Å². The van der Waals surface area contributed by atoms with E-state index in [9.17, 15) is 4.55 Å². The Kier molecular flexibility index (Phi) is 7.76. The summed E-state index contributed by atoms with van der Waals surface area (Å²) in [7, 11) is 1.60. The van der Waals surface area contributed by atoms with Crippen molar-refractivity contribution in [2.45, 2.75) is 11.8 Å². The Balaban J connectivity index is 0.00000156. The van der Waals surface area contributed by atoms with Crippen LogP contribution in [0.2, 0.25) is 0 Å². The SMILES string of the molecule is COc1cc([S+](C)[O-])ccc1-c1nc(C)c(-c2cccnc2)[nH]1.Cl.Cl. The van der Waals surface area contributed by atoms with Gasteiger partial charge >= 0.3 is 0 Å². The van der Waals surface area contributed by atoms with Crippen LogP contribution < -0.4 is 4.74 Å². The lowest BCUT2D eigenvalue weighted by atomic mass is 10.2. The van der Waals surface area contributed by atoms with Crippen LogP contribution in [0.25, 0.3) is 22.6 Å². The summed E-state index contributed by atoms with van der Waals surface area (Å²) in [6, 6.07) is 9.36. The minimum Gasteiger partial charge on any atom is -0.612 e. The van der Waals surface area contributed by atoms with E-state index >= 15 is 0 Å². The van der Waals surface area contributed by atoms with Gasteiger partial charge in [0, 0.05) is 24.0 Å². The van der Waals surface area contributed by atoms with E-state index in [4.69, 9.17) is 4.74 Å². The summed E-state index contributed by atoms with van der Waals surface area (Å²) in [4.78, 5) is 12.8. The number of hydrogen-bond donors (Lipinski definition) is 1. The number of halogens is 2. The molecule has 0 aliphatic heterocycles. The van der Waals surface area contributed by atoms with E-state index in [-0.39, 0.29) is 24.8 Å². The second kappa shape index (κ2) is 9.10. The fraction of sp³-hybridized carbons (Fsp3) is 0.176.